The van der Waals surface area contributed by atoms with Gasteiger partial charge in [-0.1, -0.05) is 55.5 Å². The number of ether oxygens (including phenoxy) is 2. The molecule has 8 heteroatoms. The molecule has 2 amide bonds. The van der Waals surface area contributed by atoms with Gasteiger partial charge in [-0.25, -0.2) is 9.59 Å². The van der Waals surface area contributed by atoms with Crippen LogP contribution in [-0.4, -0.2) is 54.5 Å². The predicted molar refractivity (Wildman–Crippen MR) is 132 cm³/mol. The maximum Gasteiger partial charge on any atom is 0.407 e. The van der Waals surface area contributed by atoms with Crippen LogP contribution in [0.1, 0.15) is 57.1 Å². The van der Waals surface area contributed by atoms with E-state index in [0.717, 1.165) is 22.3 Å². The van der Waals surface area contributed by atoms with Gasteiger partial charge in [0.2, 0.25) is 5.91 Å². The first-order valence-electron chi connectivity index (χ1n) is 11.8. The number of hydrogen-bond donors (Lipinski definition) is 3. The molecule has 2 aromatic rings. The molecule has 0 saturated heterocycles. The number of amides is 2. The Kier molecular flexibility index (Phi) is 8.51. The van der Waals surface area contributed by atoms with Crippen LogP contribution in [0.3, 0.4) is 0 Å². The summed E-state index contributed by atoms with van der Waals surface area (Å²) in [7, 11) is 1.49. The molecule has 0 heterocycles. The van der Waals surface area contributed by atoms with E-state index in [1.807, 2.05) is 43.3 Å². The van der Waals surface area contributed by atoms with Gasteiger partial charge in [-0.3, -0.25) is 4.79 Å². The summed E-state index contributed by atoms with van der Waals surface area (Å²) in [6.07, 6.45) is -0.0698. The van der Waals surface area contributed by atoms with Crippen LogP contribution >= 0.6 is 0 Å². The number of methoxy groups -OCH3 is 1. The zero-order valence-corrected chi connectivity index (χ0v) is 20.7. The van der Waals surface area contributed by atoms with E-state index in [9.17, 15) is 19.5 Å². The van der Waals surface area contributed by atoms with Gasteiger partial charge in [0.15, 0.2) is 0 Å². The largest absolute Gasteiger partial charge is 0.480 e. The lowest BCUT2D eigenvalue weighted by molar-refractivity contribution is -0.144. The lowest BCUT2D eigenvalue weighted by atomic mass is 9.98. The summed E-state index contributed by atoms with van der Waals surface area (Å²) in [5.41, 5.74) is 3.81. The van der Waals surface area contributed by atoms with Crippen molar-refractivity contribution in [1.82, 2.24) is 10.6 Å². The van der Waals surface area contributed by atoms with Gasteiger partial charge in [0, 0.05) is 31.9 Å². The molecule has 0 radical (unpaired) electrons. The molecule has 3 rings (SSSR count). The number of carboxylic acid groups (broad SMARTS) is 1. The molecule has 8 nitrogen and oxygen atoms in total. The minimum Gasteiger partial charge on any atom is -0.480 e. The molecule has 0 bridgehead atoms. The summed E-state index contributed by atoms with van der Waals surface area (Å²) in [5.74, 6) is -1.66. The zero-order valence-electron chi connectivity index (χ0n) is 20.7. The van der Waals surface area contributed by atoms with Crippen LogP contribution in [0.4, 0.5) is 4.79 Å². The molecule has 2 atom stereocenters. The van der Waals surface area contributed by atoms with Crippen molar-refractivity contribution in [2.75, 3.05) is 13.7 Å². The monoisotopic (exact) mass is 482 g/mol. The normalized spacial score (nSPS) is 14.4. The van der Waals surface area contributed by atoms with Gasteiger partial charge in [0.05, 0.1) is 5.60 Å². The van der Waals surface area contributed by atoms with Crippen molar-refractivity contribution in [1.29, 1.82) is 0 Å². The summed E-state index contributed by atoms with van der Waals surface area (Å²) in [6.45, 7) is 5.52. The van der Waals surface area contributed by atoms with Gasteiger partial charge in [-0.15, -0.1) is 0 Å². The zero-order chi connectivity index (χ0) is 25.6. The van der Waals surface area contributed by atoms with Crippen LogP contribution in [0, 0.1) is 0 Å². The first kappa shape index (κ1) is 26.2. The topological polar surface area (TPSA) is 114 Å². The van der Waals surface area contributed by atoms with Crippen molar-refractivity contribution in [3.63, 3.8) is 0 Å². The Morgan fingerprint density at radius 1 is 1.00 bits per heavy atom. The van der Waals surface area contributed by atoms with Gasteiger partial charge in [0.25, 0.3) is 0 Å². The standard InChI is InChI=1S/C27H34N2O6/c1-5-17(14-24(30)29-23(25(31)32)15-27(2,3)34-4)28-26(33)35-16-22-20-12-8-6-10-18(20)19-11-7-9-13-21(19)22/h6-13,17,22-23H,5,14-16H2,1-4H3,(H,28,33)(H,29,30)(H,31,32)/t17-,23?/m1/s1. The van der Waals surface area contributed by atoms with Crippen molar-refractivity contribution in [2.45, 2.75) is 63.6 Å². The highest BCUT2D eigenvalue weighted by atomic mass is 16.5. The second-order valence-electron chi connectivity index (χ2n) is 9.41. The molecule has 1 unspecified atom stereocenters. The second kappa shape index (κ2) is 11.4. The van der Waals surface area contributed by atoms with E-state index >= 15 is 0 Å². The Bertz CT molecular complexity index is 1020. The minimum atomic E-state index is -1.14. The van der Waals surface area contributed by atoms with Gasteiger partial charge < -0.3 is 25.2 Å². The Labute approximate surface area is 206 Å². The maximum absolute atomic E-state index is 12.6. The van der Waals surface area contributed by atoms with Crippen molar-refractivity contribution < 1.29 is 29.0 Å². The van der Waals surface area contributed by atoms with Crippen LogP contribution in [0.2, 0.25) is 0 Å². The Morgan fingerprint density at radius 2 is 1.57 bits per heavy atom. The van der Waals surface area contributed by atoms with E-state index in [-0.39, 0.29) is 25.4 Å². The number of rotatable bonds is 11. The van der Waals surface area contributed by atoms with Crippen LogP contribution < -0.4 is 10.6 Å². The molecule has 0 aromatic heterocycles. The number of carboxylic acids is 1. The van der Waals surface area contributed by atoms with Crippen LogP contribution in [0.25, 0.3) is 11.1 Å². The van der Waals surface area contributed by atoms with E-state index in [2.05, 4.69) is 22.8 Å². The highest BCUT2D eigenvalue weighted by molar-refractivity contribution is 5.84. The summed E-state index contributed by atoms with van der Waals surface area (Å²) < 4.78 is 10.8. The number of hydrogen-bond acceptors (Lipinski definition) is 5. The minimum absolute atomic E-state index is 0.0577. The van der Waals surface area contributed by atoms with Crippen LogP contribution in [0.15, 0.2) is 48.5 Å². The molecule has 0 fully saturated rings. The second-order valence-corrected chi connectivity index (χ2v) is 9.41. The molecule has 1 aliphatic carbocycles. The number of nitrogens with one attached hydrogen (secondary N) is 2. The number of alkyl carbamates (subject to hydrolysis) is 1. The lowest BCUT2D eigenvalue weighted by Gasteiger charge is -2.27. The van der Waals surface area contributed by atoms with Crippen molar-refractivity contribution >= 4 is 18.0 Å². The fourth-order valence-corrected chi connectivity index (χ4v) is 4.36. The molecule has 35 heavy (non-hydrogen) atoms. The average molecular weight is 483 g/mol. The molecule has 3 N–H and O–H groups in total. The van der Waals surface area contributed by atoms with Crippen molar-refractivity contribution in [3.05, 3.63) is 59.7 Å². The van der Waals surface area contributed by atoms with E-state index in [4.69, 9.17) is 9.47 Å². The lowest BCUT2D eigenvalue weighted by Crippen LogP contribution is -2.47. The molecule has 188 valence electrons. The smallest absolute Gasteiger partial charge is 0.407 e. The van der Waals surface area contributed by atoms with Gasteiger partial charge in [-0.2, -0.15) is 0 Å². The number of fused-ring (bicyclic) bond motifs is 3. The van der Waals surface area contributed by atoms with Gasteiger partial charge >= 0.3 is 12.1 Å². The fourth-order valence-electron chi connectivity index (χ4n) is 4.36. The molecule has 0 aliphatic heterocycles. The first-order chi connectivity index (χ1) is 16.6. The third-order valence-electron chi connectivity index (χ3n) is 6.47. The Balaban J connectivity index is 1.55. The summed E-state index contributed by atoms with van der Waals surface area (Å²) >= 11 is 0. The van der Waals surface area contributed by atoms with Crippen molar-refractivity contribution in [2.24, 2.45) is 0 Å². The molecule has 1 aliphatic rings. The predicted octanol–water partition coefficient (Wildman–Crippen LogP) is 4.08. The number of aliphatic carboxylic acids is 1. The van der Waals surface area contributed by atoms with E-state index in [1.54, 1.807) is 13.8 Å². The third-order valence-corrected chi connectivity index (χ3v) is 6.47. The first-order valence-corrected chi connectivity index (χ1v) is 11.8. The Morgan fingerprint density at radius 3 is 2.09 bits per heavy atom. The molecule has 0 spiro atoms. The highest BCUT2D eigenvalue weighted by Crippen LogP contribution is 2.44. The summed E-state index contributed by atoms with van der Waals surface area (Å²) in [5, 5.41) is 14.7. The number of carbonyl (C=O) groups is 3. The Hall–Kier alpha value is -3.39. The quantitative estimate of drug-likeness (QED) is 0.445. The van der Waals surface area contributed by atoms with Crippen LogP contribution in [-0.2, 0) is 19.1 Å². The van der Waals surface area contributed by atoms with Gasteiger partial charge in [-0.05, 0) is 42.5 Å². The summed E-state index contributed by atoms with van der Waals surface area (Å²) in [6, 6.07) is 14.6. The SMILES string of the molecule is CC[C@H](CC(=O)NC(CC(C)(C)OC)C(=O)O)NC(=O)OCC1c2ccccc2-c2ccccc21. The average Bonchev–Trinajstić information content (AvgIpc) is 3.15. The third kappa shape index (κ3) is 6.60. The number of carbonyl (C=O) groups excluding carboxylic acids is 2. The van der Waals surface area contributed by atoms with Crippen LogP contribution in [0.5, 0.6) is 0 Å². The molecule has 2 aromatic carbocycles. The summed E-state index contributed by atoms with van der Waals surface area (Å²) in [4.78, 5) is 36.7. The maximum atomic E-state index is 12.6. The highest BCUT2D eigenvalue weighted by Gasteiger charge is 2.31. The molecular weight excluding hydrogens is 448 g/mol. The molecule has 0 saturated carbocycles. The van der Waals surface area contributed by atoms with E-state index < -0.39 is 35.7 Å². The van der Waals surface area contributed by atoms with Crippen molar-refractivity contribution in [3.8, 4) is 11.1 Å². The van der Waals surface area contributed by atoms with E-state index in [1.165, 1.54) is 7.11 Å². The number of benzene rings is 2. The van der Waals surface area contributed by atoms with E-state index in [0.29, 0.717) is 6.42 Å². The fraction of sp³-hybridized carbons (Fsp3) is 0.444. The molecular formula is C27H34N2O6. The van der Waals surface area contributed by atoms with Gasteiger partial charge in [0.1, 0.15) is 12.6 Å².